The molecule has 7 heteroatoms. The van der Waals surface area contributed by atoms with Crippen molar-refractivity contribution in [1.29, 1.82) is 0 Å². The van der Waals surface area contributed by atoms with Gasteiger partial charge in [-0.1, -0.05) is 22.9 Å². The normalized spacial score (nSPS) is 15.0. The van der Waals surface area contributed by atoms with Crippen LogP contribution < -0.4 is 4.74 Å². The second-order valence-electron chi connectivity index (χ2n) is 7.26. The second-order valence-corrected chi connectivity index (χ2v) is 8.17. The number of amides is 2. The van der Waals surface area contributed by atoms with E-state index in [1.165, 1.54) is 0 Å². The first-order chi connectivity index (χ1) is 12.2. The van der Waals surface area contributed by atoms with Crippen LogP contribution in [0, 0.1) is 0 Å². The van der Waals surface area contributed by atoms with E-state index < -0.39 is 5.60 Å². The Bertz CT molecular complexity index is 652. The van der Waals surface area contributed by atoms with Crippen LogP contribution in [0.4, 0.5) is 4.79 Å². The van der Waals surface area contributed by atoms with Crippen LogP contribution in [-0.2, 0) is 11.2 Å². The number of carbonyl (C=O) groups excluding carboxylic acids is 2. The van der Waals surface area contributed by atoms with Crippen molar-refractivity contribution in [2.75, 3.05) is 33.3 Å². The largest absolute Gasteiger partial charge is 0.496 e. The minimum atomic E-state index is -0.523. The molecule has 1 aromatic carbocycles. The standard InChI is InChI=1S/C19H27BrN2O4/c1-6-13-11-14(20)12-15(25-5)16(13)17(23)21-7-9-22(10-8-21)18(24)26-19(2,3)4/h11-12H,6-10H2,1-5H3. The summed E-state index contributed by atoms with van der Waals surface area (Å²) in [4.78, 5) is 28.7. The average Bonchev–Trinajstić information content (AvgIpc) is 2.58. The van der Waals surface area contributed by atoms with Gasteiger partial charge in [0.15, 0.2) is 0 Å². The van der Waals surface area contributed by atoms with Crippen molar-refractivity contribution in [2.24, 2.45) is 0 Å². The van der Waals surface area contributed by atoms with E-state index in [2.05, 4.69) is 15.9 Å². The fourth-order valence-electron chi connectivity index (χ4n) is 2.90. The highest BCUT2D eigenvalue weighted by Crippen LogP contribution is 2.29. The highest BCUT2D eigenvalue weighted by Gasteiger charge is 2.30. The molecule has 0 N–H and O–H groups in total. The Labute approximate surface area is 163 Å². The molecular formula is C19H27BrN2O4. The van der Waals surface area contributed by atoms with E-state index in [1.807, 2.05) is 39.8 Å². The molecule has 0 radical (unpaired) electrons. The summed E-state index contributed by atoms with van der Waals surface area (Å²) >= 11 is 3.46. The number of halogens is 1. The molecule has 0 spiro atoms. The molecule has 144 valence electrons. The molecule has 2 amide bonds. The summed E-state index contributed by atoms with van der Waals surface area (Å²) in [6.45, 7) is 9.41. The lowest BCUT2D eigenvalue weighted by molar-refractivity contribution is 0.0140. The predicted octanol–water partition coefficient (Wildman–Crippen LogP) is 3.71. The maximum Gasteiger partial charge on any atom is 0.410 e. The van der Waals surface area contributed by atoms with Crippen molar-refractivity contribution in [3.05, 3.63) is 27.7 Å². The summed E-state index contributed by atoms with van der Waals surface area (Å²) < 4.78 is 11.7. The molecule has 1 aliphatic rings. The van der Waals surface area contributed by atoms with E-state index in [4.69, 9.17) is 9.47 Å². The van der Waals surface area contributed by atoms with Gasteiger partial charge in [-0.3, -0.25) is 4.79 Å². The van der Waals surface area contributed by atoms with E-state index >= 15 is 0 Å². The summed E-state index contributed by atoms with van der Waals surface area (Å²) in [5.41, 5.74) is 1.02. The predicted molar refractivity (Wildman–Crippen MR) is 104 cm³/mol. The zero-order valence-corrected chi connectivity index (χ0v) is 17.7. The molecule has 2 rings (SSSR count). The minimum absolute atomic E-state index is 0.0601. The molecule has 0 aliphatic carbocycles. The number of hydrogen-bond donors (Lipinski definition) is 0. The molecule has 1 aliphatic heterocycles. The summed E-state index contributed by atoms with van der Waals surface area (Å²) in [5, 5.41) is 0. The van der Waals surface area contributed by atoms with Gasteiger partial charge in [-0.25, -0.2) is 4.79 Å². The van der Waals surface area contributed by atoms with Crippen molar-refractivity contribution < 1.29 is 19.1 Å². The molecule has 1 saturated heterocycles. The van der Waals surface area contributed by atoms with Crippen LogP contribution in [0.3, 0.4) is 0 Å². The van der Waals surface area contributed by atoms with Crippen molar-refractivity contribution >= 4 is 27.9 Å². The molecule has 1 aromatic rings. The van der Waals surface area contributed by atoms with Gasteiger partial charge in [0, 0.05) is 30.7 Å². The van der Waals surface area contributed by atoms with Crippen LogP contribution in [0.15, 0.2) is 16.6 Å². The van der Waals surface area contributed by atoms with Gasteiger partial charge in [-0.2, -0.15) is 0 Å². The van der Waals surface area contributed by atoms with Gasteiger partial charge in [-0.15, -0.1) is 0 Å². The monoisotopic (exact) mass is 426 g/mol. The smallest absolute Gasteiger partial charge is 0.410 e. The number of ether oxygens (including phenoxy) is 2. The summed E-state index contributed by atoms with van der Waals surface area (Å²) in [6, 6.07) is 3.76. The third-order valence-corrected chi connectivity index (χ3v) is 4.64. The SMILES string of the molecule is CCc1cc(Br)cc(OC)c1C(=O)N1CCN(C(=O)OC(C)(C)C)CC1. The molecule has 1 heterocycles. The number of methoxy groups -OCH3 is 1. The van der Waals surface area contributed by atoms with E-state index in [-0.39, 0.29) is 12.0 Å². The number of piperazine rings is 1. The molecule has 26 heavy (non-hydrogen) atoms. The molecule has 1 fully saturated rings. The average molecular weight is 427 g/mol. The topological polar surface area (TPSA) is 59.1 Å². The molecule has 6 nitrogen and oxygen atoms in total. The van der Waals surface area contributed by atoms with Crippen LogP contribution in [0.1, 0.15) is 43.6 Å². The van der Waals surface area contributed by atoms with Gasteiger partial charge >= 0.3 is 6.09 Å². The van der Waals surface area contributed by atoms with Crippen molar-refractivity contribution in [3.8, 4) is 5.75 Å². The van der Waals surface area contributed by atoms with Gasteiger partial charge in [0.05, 0.1) is 12.7 Å². The summed E-state index contributed by atoms with van der Waals surface area (Å²) in [6.07, 6.45) is 0.398. The van der Waals surface area contributed by atoms with Gasteiger partial charge in [0.1, 0.15) is 11.4 Å². The van der Waals surface area contributed by atoms with Crippen LogP contribution >= 0.6 is 15.9 Å². The van der Waals surface area contributed by atoms with Crippen LogP contribution in [0.5, 0.6) is 5.75 Å². The van der Waals surface area contributed by atoms with E-state index in [9.17, 15) is 9.59 Å². The van der Waals surface area contributed by atoms with E-state index in [1.54, 1.807) is 16.9 Å². The summed E-state index contributed by atoms with van der Waals surface area (Å²) in [7, 11) is 1.57. The lowest BCUT2D eigenvalue weighted by Crippen LogP contribution is -2.51. The minimum Gasteiger partial charge on any atom is -0.496 e. The third-order valence-electron chi connectivity index (χ3n) is 4.18. The Hall–Kier alpha value is -1.76. The van der Waals surface area contributed by atoms with Crippen molar-refractivity contribution in [1.82, 2.24) is 9.80 Å². The number of nitrogens with zero attached hydrogens (tertiary/aromatic N) is 2. The van der Waals surface area contributed by atoms with Gasteiger partial charge in [0.25, 0.3) is 5.91 Å². The Kier molecular flexibility index (Phi) is 6.55. The first kappa shape index (κ1) is 20.6. The second kappa shape index (κ2) is 8.29. The molecule has 0 saturated carbocycles. The Balaban J connectivity index is 2.11. The third kappa shape index (κ3) is 4.90. The van der Waals surface area contributed by atoms with Crippen LogP contribution in [-0.4, -0.2) is 60.7 Å². The molecular weight excluding hydrogens is 400 g/mol. The quantitative estimate of drug-likeness (QED) is 0.738. The molecule has 0 bridgehead atoms. The number of benzene rings is 1. The first-order valence-corrected chi connectivity index (χ1v) is 9.59. The molecule has 0 aromatic heterocycles. The fraction of sp³-hybridized carbons (Fsp3) is 0.579. The Morgan fingerprint density at radius 2 is 1.69 bits per heavy atom. The number of hydrogen-bond acceptors (Lipinski definition) is 4. The Morgan fingerprint density at radius 1 is 1.12 bits per heavy atom. The van der Waals surface area contributed by atoms with Crippen LogP contribution in [0.2, 0.25) is 0 Å². The maximum atomic E-state index is 13.1. The molecule has 0 unspecified atom stereocenters. The lowest BCUT2D eigenvalue weighted by atomic mass is 10.0. The zero-order chi connectivity index (χ0) is 19.5. The first-order valence-electron chi connectivity index (χ1n) is 8.80. The highest BCUT2D eigenvalue weighted by molar-refractivity contribution is 9.10. The summed E-state index contributed by atoms with van der Waals surface area (Å²) in [5.74, 6) is 0.505. The van der Waals surface area contributed by atoms with Crippen LogP contribution in [0.25, 0.3) is 0 Å². The van der Waals surface area contributed by atoms with Gasteiger partial charge in [-0.05, 0) is 44.9 Å². The van der Waals surface area contributed by atoms with Crippen molar-refractivity contribution in [3.63, 3.8) is 0 Å². The highest BCUT2D eigenvalue weighted by atomic mass is 79.9. The van der Waals surface area contributed by atoms with E-state index in [0.29, 0.717) is 37.5 Å². The van der Waals surface area contributed by atoms with Gasteiger partial charge < -0.3 is 19.3 Å². The van der Waals surface area contributed by atoms with Crippen molar-refractivity contribution in [2.45, 2.75) is 39.7 Å². The maximum absolute atomic E-state index is 13.1. The fourth-order valence-corrected chi connectivity index (χ4v) is 3.38. The number of carbonyl (C=O) groups is 2. The Morgan fingerprint density at radius 3 is 2.19 bits per heavy atom. The van der Waals surface area contributed by atoms with E-state index in [0.717, 1.165) is 16.5 Å². The zero-order valence-electron chi connectivity index (χ0n) is 16.1. The number of aryl methyl sites for hydroxylation is 1. The molecule has 0 atom stereocenters. The lowest BCUT2D eigenvalue weighted by Gasteiger charge is -2.36. The van der Waals surface area contributed by atoms with Gasteiger partial charge in [0.2, 0.25) is 0 Å². The number of rotatable bonds is 3.